The molecule has 0 saturated carbocycles. The molecule has 1 heterocycles. The van der Waals surface area contributed by atoms with E-state index in [2.05, 4.69) is 41.7 Å². The highest BCUT2D eigenvalue weighted by Crippen LogP contribution is 2.52. The van der Waals surface area contributed by atoms with Crippen LogP contribution in [0.25, 0.3) is 10.8 Å². The Bertz CT molecular complexity index is 1350. The lowest BCUT2D eigenvalue weighted by Crippen LogP contribution is -2.29. The van der Waals surface area contributed by atoms with Gasteiger partial charge in [0.15, 0.2) is 0 Å². The number of allylic oxidation sites excluding steroid dienone is 2. The summed E-state index contributed by atoms with van der Waals surface area (Å²) in [6.07, 6.45) is 5.55. The van der Waals surface area contributed by atoms with Crippen LogP contribution in [0.5, 0.6) is 17.2 Å². The molecule has 34 heavy (non-hydrogen) atoms. The highest BCUT2D eigenvalue weighted by Gasteiger charge is 2.39. The van der Waals surface area contributed by atoms with E-state index in [9.17, 15) is 5.11 Å². The van der Waals surface area contributed by atoms with Gasteiger partial charge in [0.2, 0.25) is 0 Å². The van der Waals surface area contributed by atoms with E-state index in [1.165, 1.54) is 5.56 Å². The van der Waals surface area contributed by atoms with Gasteiger partial charge in [-0.2, -0.15) is 0 Å². The fraction of sp³-hybridized carbons (Fsp3) is 0.200. The number of rotatable bonds is 6. The molecule has 1 aliphatic carbocycles. The van der Waals surface area contributed by atoms with Crippen LogP contribution in [-0.4, -0.2) is 18.3 Å². The second-order valence-corrected chi connectivity index (χ2v) is 8.95. The number of benzene rings is 4. The summed E-state index contributed by atoms with van der Waals surface area (Å²) >= 11 is 0. The van der Waals surface area contributed by atoms with Gasteiger partial charge in [0, 0.05) is 17.2 Å². The molecule has 0 amide bonds. The SMILES string of the molecule is Oc1ccc2ccccc2c1C1Nc2ccc(OCCOc3ccccc3)cc2C2C=CCC21. The van der Waals surface area contributed by atoms with Crippen molar-refractivity contribution in [1.82, 2.24) is 0 Å². The van der Waals surface area contributed by atoms with Gasteiger partial charge in [-0.25, -0.2) is 0 Å². The monoisotopic (exact) mass is 449 g/mol. The van der Waals surface area contributed by atoms with Crippen molar-refractivity contribution < 1.29 is 14.6 Å². The first-order valence-corrected chi connectivity index (χ1v) is 11.9. The molecule has 6 rings (SSSR count). The molecule has 0 spiro atoms. The van der Waals surface area contributed by atoms with Crippen LogP contribution in [-0.2, 0) is 0 Å². The van der Waals surface area contributed by atoms with Crippen molar-refractivity contribution in [2.24, 2.45) is 5.92 Å². The molecular weight excluding hydrogens is 422 g/mol. The molecule has 4 heteroatoms. The minimum Gasteiger partial charge on any atom is -0.508 e. The first kappa shape index (κ1) is 20.7. The summed E-state index contributed by atoms with van der Waals surface area (Å²) in [5, 5.41) is 16.9. The average molecular weight is 450 g/mol. The van der Waals surface area contributed by atoms with Gasteiger partial charge in [0.1, 0.15) is 30.5 Å². The maximum absolute atomic E-state index is 10.9. The molecule has 0 bridgehead atoms. The molecule has 2 N–H and O–H groups in total. The Morgan fingerprint density at radius 2 is 1.62 bits per heavy atom. The standard InChI is InChI=1S/C30H27NO3/c32-28-16-13-20-7-4-5-10-23(20)29(28)30-25-12-6-11-24(25)26-19-22(14-15-27(26)31-30)34-18-17-33-21-8-2-1-3-9-21/h1-11,13-16,19,24-25,30-32H,12,17-18H2. The summed E-state index contributed by atoms with van der Waals surface area (Å²) in [5.74, 6) is 2.67. The topological polar surface area (TPSA) is 50.7 Å². The lowest BCUT2D eigenvalue weighted by molar-refractivity contribution is 0.217. The maximum Gasteiger partial charge on any atom is 0.122 e. The molecule has 3 unspecified atom stereocenters. The van der Waals surface area contributed by atoms with E-state index in [1.807, 2.05) is 60.7 Å². The van der Waals surface area contributed by atoms with E-state index in [0.717, 1.165) is 39.9 Å². The van der Waals surface area contributed by atoms with Crippen LogP contribution < -0.4 is 14.8 Å². The van der Waals surface area contributed by atoms with Crippen molar-refractivity contribution in [3.05, 3.63) is 108 Å². The molecule has 4 nitrogen and oxygen atoms in total. The molecule has 3 atom stereocenters. The molecule has 2 aliphatic rings. The van der Waals surface area contributed by atoms with Gasteiger partial charge < -0.3 is 19.9 Å². The first-order chi connectivity index (χ1) is 16.8. The Balaban J connectivity index is 1.24. The quantitative estimate of drug-likeness (QED) is 0.250. The predicted octanol–water partition coefficient (Wildman–Crippen LogP) is 6.83. The van der Waals surface area contributed by atoms with Crippen LogP contribution in [0, 0.1) is 5.92 Å². The van der Waals surface area contributed by atoms with Crippen LogP contribution in [0.3, 0.4) is 0 Å². The fourth-order valence-corrected chi connectivity index (χ4v) is 5.39. The van der Waals surface area contributed by atoms with Crippen molar-refractivity contribution in [2.75, 3.05) is 18.5 Å². The van der Waals surface area contributed by atoms with E-state index >= 15 is 0 Å². The molecule has 0 saturated heterocycles. The van der Waals surface area contributed by atoms with Crippen molar-refractivity contribution >= 4 is 16.5 Å². The Morgan fingerprint density at radius 3 is 2.50 bits per heavy atom. The third kappa shape index (κ3) is 3.75. The summed E-state index contributed by atoms with van der Waals surface area (Å²) in [7, 11) is 0. The lowest BCUT2D eigenvalue weighted by atomic mass is 9.76. The molecule has 4 aromatic carbocycles. The number of hydrogen-bond donors (Lipinski definition) is 2. The molecule has 170 valence electrons. The summed E-state index contributed by atoms with van der Waals surface area (Å²) < 4.78 is 11.8. The Hall–Kier alpha value is -3.92. The zero-order valence-corrected chi connectivity index (χ0v) is 18.9. The number of fused-ring (bicyclic) bond motifs is 4. The molecule has 4 aromatic rings. The normalized spacial score (nSPS) is 20.4. The van der Waals surface area contributed by atoms with E-state index in [0.29, 0.717) is 24.9 Å². The predicted molar refractivity (Wildman–Crippen MR) is 136 cm³/mol. The van der Waals surface area contributed by atoms with E-state index < -0.39 is 0 Å². The Kier molecular flexibility index (Phi) is 5.34. The number of para-hydroxylation sites is 1. The smallest absolute Gasteiger partial charge is 0.122 e. The van der Waals surface area contributed by atoms with Gasteiger partial charge >= 0.3 is 0 Å². The number of nitrogens with one attached hydrogen (secondary N) is 1. The largest absolute Gasteiger partial charge is 0.508 e. The van der Waals surface area contributed by atoms with Gasteiger partial charge in [-0.1, -0.05) is 60.7 Å². The summed E-state index contributed by atoms with van der Waals surface area (Å²) in [4.78, 5) is 0. The van der Waals surface area contributed by atoms with Crippen LogP contribution in [0.1, 0.15) is 29.5 Å². The van der Waals surface area contributed by atoms with Gasteiger partial charge in [-0.15, -0.1) is 0 Å². The van der Waals surface area contributed by atoms with Gasteiger partial charge in [-0.05, 0) is 65.1 Å². The molecule has 0 radical (unpaired) electrons. The van der Waals surface area contributed by atoms with E-state index in [4.69, 9.17) is 9.47 Å². The number of phenolic OH excluding ortho intramolecular Hbond substituents is 1. The minimum atomic E-state index is 0.0321. The number of phenols is 1. The second kappa shape index (κ2) is 8.79. The maximum atomic E-state index is 10.9. The van der Waals surface area contributed by atoms with Crippen LogP contribution in [0.15, 0.2) is 97.1 Å². The summed E-state index contributed by atoms with van der Waals surface area (Å²) in [6, 6.07) is 28.2. The lowest BCUT2D eigenvalue weighted by Gasteiger charge is -2.38. The van der Waals surface area contributed by atoms with Crippen LogP contribution >= 0.6 is 0 Å². The van der Waals surface area contributed by atoms with Gasteiger partial charge in [-0.3, -0.25) is 0 Å². The minimum absolute atomic E-state index is 0.0321. The summed E-state index contributed by atoms with van der Waals surface area (Å²) in [5.41, 5.74) is 3.33. The van der Waals surface area contributed by atoms with Crippen molar-refractivity contribution in [2.45, 2.75) is 18.4 Å². The van der Waals surface area contributed by atoms with Crippen molar-refractivity contribution in [1.29, 1.82) is 0 Å². The molecule has 0 fully saturated rings. The van der Waals surface area contributed by atoms with Crippen LogP contribution in [0.4, 0.5) is 5.69 Å². The average Bonchev–Trinajstić information content (AvgIpc) is 3.38. The highest BCUT2D eigenvalue weighted by molar-refractivity contribution is 5.89. The highest BCUT2D eigenvalue weighted by atomic mass is 16.5. The van der Waals surface area contributed by atoms with E-state index in [1.54, 1.807) is 0 Å². The number of anilines is 1. The van der Waals surface area contributed by atoms with Crippen molar-refractivity contribution in [3.8, 4) is 17.2 Å². The summed E-state index contributed by atoms with van der Waals surface area (Å²) in [6.45, 7) is 0.977. The van der Waals surface area contributed by atoms with Gasteiger partial charge in [0.05, 0.1) is 6.04 Å². The zero-order chi connectivity index (χ0) is 22.9. The molecule has 1 aliphatic heterocycles. The third-order valence-corrected chi connectivity index (χ3v) is 6.96. The van der Waals surface area contributed by atoms with Crippen LogP contribution in [0.2, 0.25) is 0 Å². The van der Waals surface area contributed by atoms with Crippen molar-refractivity contribution in [3.63, 3.8) is 0 Å². The Labute approximate surface area is 199 Å². The third-order valence-electron chi connectivity index (χ3n) is 6.96. The second-order valence-electron chi connectivity index (χ2n) is 8.95. The zero-order valence-electron chi connectivity index (χ0n) is 18.9. The van der Waals surface area contributed by atoms with Gasteiger partial charge in [0.25, 0.3) is 0 Å². The van der Waals surface area contributed by atoms with E-state index in [-0.39, 0.29) is 12.0 Å². The first-order valence-electron chi connectivity index (χ1n) is 11.9. The number of hydrogen-bond acceptors (Lipinski definition) is 4. The number of ether oxygens (including phenoxy) is 2. The number of aromatic hydroxyl groups is 1. The molecular formula is C30H27NO3. The fourth-order valence-electron chi connectivity index (χ4n) is 5.39. The molecule has 0 aromatic heterocycles. The Morgan fingerprint density at radius 1 is 0.824 bits per heavy atom.